The lowest BCUT2D eigenvalue weighted by molar-refractivity contribution is -0.123. The Morgan fingerprint density at radius 1 is 1.41 bits per heavy atom. The summed E-state index contributed by atoms with van der Waals surface area (Å²) in [5.41, 5.74) is 1.91. The summed E-state index contributed by atoms with van der Waals surface area (Å²) in [6.07, 6.45) is 0. The number of carbonyl (C=O) groups excluding carboxylic acids is 1. The number of hydrogen-bond donors (Lipinski definition) is 2. The third-order valence-electron chi connectivity index (χ3n) is 3.03. The lowest BCUT2D eigenvalue weighted by Gasteiger charge is -2.26. The van der Waals surface area contributed by atoms with Gasteiger partial charge in [-0.25, -0.2) is 14.3 Å². The molecule has 1 amide bonds. The van der Waals surface area contributed by atoms with E-state index in [1.54, 1.807) is 0 Å². The van der Waals surface area contributed by atoms with Crippen molar-refractivity contribution in [2.75, 3.05) is 32.9 Å². The number of ether oxygens (including phenoxy) is 2. The lowest BCUT2D eigenvalue weighted by Crippen LogP contribution is -2.40. The molecule has 0 radical (unpaired) electrons. The molecule has 0 saturated carbocycles. The second-order valence-electron chi connectivity index (χ2n) is 4.46. The highest BCUT2D eigenvalue weighted by atomic mass is 35.5. The molecular weight excluding hydrogens is 334 g/mol. The second-order valence-corrected chi connectivity index (χ2v) is 6.81. The van der Waals surface area contributed by atoms with Crippen molar-refractivity contribution >= 4 is 27.5 Å². The van der Waals surface area contributed by atoms with E-state index in [0.29, 0.717) is 26.3 Å². The Hall–Kier alpha value is -1.39. The van der Waals surface area contributed by atoms with Gasteiger partial charge in [0.05, 0.1) is 23.1 Å². The SMILES string of the molecule is NNC(=O)COc1ccc(S(=O)(=O)N2CCOCC2)cc1Cl. The van der Waals surface area contributed by atoms with Crippen molar-refractivity contribution in [3.63, 3.8) is 0 Å². The van der Waals surface area contributed by atoms with Gasteiger partial charge in [-0.2, -0.15) is 4.31 Å². The van der Waals surface area contributed by atoms with Crippen molar-refractivity contribution in [3.8, 4) is 5.75 Å². The molecule has 1 saturated heterocycles. The summed E-state index contributed by atoms with van der Waals surface area (Å²) in [5, 5.41) is 0.0964. The molecule has 0 unspecified atom stereocenters. The van der Waals surface area contributed by atoms with Gasteiger partial charge < -0.3 is 9.47 Å². The van der Waals surface area contributed by atoms with Crippen LogP contribution in [0.3, 0.4) is 0 Å². The fourth-order valence-electron chi connectivity index (χ4n) is 1.88. The topological polar surface area (TPSA) is 111 Å². The first-order chi connectivity index (χ1) is 10.4. The highest BCUT2D eigenvalue weighted by Crippen LogP contribution is 2.29. The summed E-state index contributed by atoms with van der Waals surface area (Å²) in [4.78, 5) is 11.1. The molecule has 0 spiro atoms. The molecule has 1 heterocycles. The van der Waals surface area contributed by atoms with Gasteiger partial charge in [0.15, 0.2) is 6.61 Å². The zero-order chi connectivity index (χ0) is 16.2. The molecule has 1 aromatic rings. The zero-order valence-electron chi connectivity index (χ0n) is 11.6. The van der Waals surface area contributed by atoms with Crippen LogP contribution < -0.4 is 16.0 Å². The summed E-state index contributed by atoms with van der Waals surface area (Å²) in [7, 11) is -3.62. The van der Waals surface area contributed by atoms with Gasteiger partial charge >= 0.3 is 0 Å². The first-order valence-corrected chi connectivity index (χ1v) is 8.26. The maximum atomic E-state index is 12.5. The van der Waals surface area contributed by atoms with Crippen LogP contribution in [-0.4, -0.2) is 51.5 Å². The molecule has 0 aromatic heterocycles. The smallest absolute Gasteiger partial charge is 0.271 e. The van der Waals surface area contributed by atoms with E-state index in [1.807, 2.05) is 5.43 Å². The molecule has 8 nitrogen and oxygen atoms in total. The number of morpholine rings is 1. The minimum Gasteiger partial charge on any atom is -0.482 e. The van der Waals surface area contributed by atoms with Crippen LogP contribution in [0.15, 0.2) is 23.1 Å². The molecule has 3 N–H and O–H groups in total. The van der Waals surface area contributed by atoms with E-state index in [-0.39, 0.29) is 22.3 Å². The van der Waals surface area contributed by atoms with Gasteiger partial charge in [-0.1, -0.05) is 11.6 Å². The van der Waals surface area contributed by atoms with Gasteiger partial charge in [-0.3, -0.25) is 10.2 Å². The summed E-state index contributed by atoms with van der Waals surface area (Å²) in [6, 6.07) is 4.08. The Bertz CT molecular complexity index is 646. The predicted octanol–water partition coefficient (Wildman–Crippen LogP) is -0.270. The molecule has 22 heavy (non-hydrogen) atoms. The number of benzene rings is 1. The summed E-state index contributed by atoms with van der Waals surface area (Å²) in [5.74, 6) is 4.60. The number of carbonyl (C=O) groups is 1. The molecule has 0 aliphatic carbocycles. The van der Waals surface area contributed by atoms with Crippen molar-refractivity contribution in [2.24, 2.45) is 5.84 Å². The Kier molecular flexibility index (Phi) is 5.59. The molecule has 1 aromatic carbocycles. The van der Waals surface area contributed by atoms with Crippen LogP contribution in [0, 0.1) is 0 Å². The minimum absolute atomic E-state index is 0.0648. The lowest BCUT2D eigenvalue weighted by atomic mass is 10.3. The summed E-state index contributed by atoms with van der Waals surface area (Å²) in [6.45, 7) is 1.01. The second kappa shape index (κ2) is 7.25. The third-order valence-corrected chi connectivity index (χ3v) is 5.22. The van der Waals surface area contributed by atoms with Gasteiger partial charge in [0, 0.05) is 13.1 Å². The van der Waals surface area contributed by atoms with Crippen molar-refractivity contribution in [1.82, 2.24) is 9.73 Å². The van der Waals surface area contributed by atoms with Crippen LogP contribution in [0.5, 0.6) is 5.75 Å². The van der Waals surface area contributed by atoms with Crippen LogP contribution in [0.2, 0.25) is 5.02 Å². The maximum Gasteiger partial charge on any atom is 0.271 e. The van der Waals surface area contributed by atoms with Crippen molar-refractivity contribution in [3.05, 3.63) is 23.2 Å². The molecule has 0 bridgehead atoms. The van der Waals surface area contributed by atoms with Crippen molar-refractivity contribution < 1.29 is 22.7 Å². The largest absolute Gasteiger partial charge is 0.482 e. The molecule has 2 rings (SSSR count). The number of hydrogen-bond acceptors (Lipinski definition) is 6. The molecule has 1 aliphatic heterocycles. The molecule has 1 aliphatic rings. The van der Waals surface area contributed by atoms with E-state index in [0.717, 1.165) is 0 Å². The quantitative estimate of drug-likeness (QED) is 0.430. The number of rotatable bonds is 5. The van der Waals surface area contributed by atoms with E-state index in [1.165, 1.54) is 22.5 Å². The summed E-state index contributed by atoms with van der Waals surface area (Å²) >= 11 is 6.01. The number of hydrazine groups is 1. The maximum absolute atomic E-state index is 12.5. The van der Waals surface area contributed by atoms with Crippen LogP contribution in [0.4, 0.5) is 0 Å². The number of halogens is 1. The molecule has 1 fully saturated rings. The van der Waals surface area contributed by atoms with E-state index < -0.39 is 15.9 Å². The molecule has 0 atom stereocenters. The highest BCUT2D eigenvalue weighted by molar-refractivity contribution is 7.89. The first kappa shape index (κ1) is 17.0. The van der Waals surface area contributed by atoms with E-state index in [9.17, 15) is 13.2 Å². The first-order valence-electron chi connectivity index (χ1n) is 6.45. The number of nitrogens with two attached hydrogens (primary N) is 1. The predicted molar refractivity (Wildman–Crippen MR) is 78.9 cm³/mol. The van der Waals surface area contributed by atoms with Gasteiger partial charge in [0.2, 0.25) is 10.0 Å². The normalized spacial score (nSPS) is 16.3. The highest BCUT2D eigenvalue weighted by Gasteiger charge is 2.26. The Morgan fingerprint density at radius 3 is 2.68 bits per heavy atom. The number of nitrogens with zero attached hydrogens (tertiary/aromatic N) is 1. The monoisotopic (exact) mass is 349 g/mol. The van der Waals surface area contributed by atoms with E-state index >= 15 is 0 Å². The Morgan fingerprint density at radius 2 is 2.09 bits per heavy atom. The van der Waals surface area contributed by atoms with Crippen molar-refractivity contribution in [1.29, 1.82) is 0 Å². The van der Waals surface area contributed by atoms with Gasteiger partial charge in [-0.05, 0) is 18.2 Å². The molecule has 10 heteroatoms. The van der Waals surface area contributed by atoms with Crippen LogP contribution in [-0.2, 0) is 19.6 Å². The van der Waals surface area contributed by atoms with Gasteiger partial charge in [0.1, 0.15) is 5.75 Å². The Balaban J connectivity index is 2.15. The standard InChI is InChI=1S/C12H16ClN3O5S/c13-10-7-9(1-2-11(10)21-8-12(17)15-14)22(18,19)16-3-5-20-6-4-16/h1-2,7H,3-6,8,14H2,(H,15,17). The van der Waals surface area contributed by atoms with E-state index in [4.69, 9.17) is 26.9 Å². The minimum atomic E-state index is -3.62. The van der Waals surface area contributed by atoms with Crippen molar-refractivity contribution in [2.45, 2.75) is 4.90 Å². The van der Waals surface area contributed by atoms with E-state index in [2.05, 4.69) is 0 Å². The van der Waals surface area contributed by atoms with Crippen LogP contribution in [0.1, 0.15) is 0 Å². The fraction of sp³-hybridized carbons (Fsp3) is 0.417. The third kappa shape index (κ3) is 3.87. The van der Waals surface area contributed by atoms with Gasteiger partial charge in [-0.15, -0.1) is 0 Å². The average molecular weight is 350 g/mol. The number of nitrogens with one attached hydrogen (secondary N) is 1. The zero-order valence-corrected chi connectivity index (χ0v) is 13.2. The van der Waals surface area contributed by atoms with Gasteiger partial charge in [0.25, 0.3) is 5.91 Å². The average Bonchev–Trinajstić information content (AvgIpc) is 2.54. The number of sulfonamides is 1. The summed E-state index contributed by atoms with van der Waals surface area (Å²) < 4.78 is 36.5. The Labute approximate surface area is 133 Å². The number of amides is 1. The molecular formula is C12H16ClN3O5S. The molecule has 122 valence electrons. The fourth-order valence-corrected chi connectivity index (χ4v) is 3.61. The van der Waals surface area contributed by atoms with Crippen LogP contribution >= 0.6 is 11.6 Å². The van der Waals surface area contributed by atoms with Crippen LogP contribution in [0.25, 0.3) is 0 Å².